The Balaban J connectivity index is 2.53. The molecule has 1 aromatic rings. The number of rotatable bonds is 7. The van der Waals surface area contributed by atoms with Crippen molar-refractivity contribution in [3.63, 3.8) is 0 Å². The number of urea groups is 1. The predicted octanol–water partition coefficient (Wildman–Crippen LogP) is 3.57. The molecule has 2 amide bonds. The summed E-state index contributed by atoms with van der Waals surface area (Å²) in [6.45, 7) is 11.5. The number of para-hydroxylation sites is 1. The van der Waals surface area contributed by atoms with Gasteiger partial charge in [-0.15, -0.1) is 0 Å². The van der Waals surface area contributed by atoms with E-state index in [9.17, 15) is 4.79 Å². The van der Waals surface area contributed by atoms with Crippen molar-refractivity contribution >= 4 is 6.03 Å². The fourth-order valence-electron chi connectivity index (χ4n) is 1.65. The molecule has 0 saturated heterocycles. The van der Waals surface area contributed by atoms with Crippen LogP contribution in [0.5, 0.6) is 5.75 Å². The van der Waals surface area contributed by atoms with Gasteiger partial charge in [0.05, 0.1) is 6.61 Å². The Morgan fingerprint density at radius 3 is 2.43 bits per heavy atom. The van der Waals surface area contributed by atoms with Crippen LogP contribution in [0.3, 0.4) is 0 Å². The van der Waals surface area contributed by atoms with Gasteiger partial charge in [-0.25, -0.2) is 4.79 Å². The second-order valence-corrected chi connectivity index (χ2v) is 6.17. The second-order valence-electron chi connectivity index (χ2n) is 6.17. The molecule has 1 atom stereocenters. The average molecular weight is 292 g/mol. The smallest absolute Gasteiger partial charge is 0.315 e. The fourth-order valence-corrected chi connectivity index (χ4v) is 1.65. The first-order chi connectivity index (χ1) is 9.90. The lowest BCUT2D eigenvalue weighted by Crippen LogP contribution is -2.42. The van der Waals surface area contributed by atoms with E-state index in [0.717, 1.165) is 11.3 Å². The van der Waals surface area contributed by atoms with Crippen LogP contribution in [0.2, 0.25) is 0 Å². The van der Waals surface area contributed by atoms with Crippen LogP contribution < -0.4 is 15.4 Å². The molecular weight excluding hydrogens is 264 g/mol. The molecular formula is C17H28N2O2. The molecule has 2 N–H and O–H groups in total. The van der Waals surface area contributed by atoms with E-state index in [1.807, 2.05) is 31.2 Å². The maximum atomic E-state index is 11.8. The van der Waals surface area contributed by atoms with Crippen LogP contribution in [0, 0.1) is 11.8 Å². The summed E-state index contributed by atoms with van der Waals surface area (Å²) in [7, 11) is 0. The molecule has 21 heavy (non-hydrogen) atoms. The van der Waals surface area contributed by atoms with Crippen LogP contribution in [0.15, 0.2) is 24.3 Å². The molecule has 0 aliphatic heterocycles. The van der Waals surface area contributed by atoms with E-state index < -0.39 is 0 Å². The van der Waals surface area contributed by atoms with E-state index in [1.54, 1.807) is 0 Å². The summed E-state index contributed by atoms with van der Waals surface area (Å²) < 4.78 is 5.78. The lowest BCUT2D eigenvalue weighted by molar-refractivity contribution is 0.233. The molecule has 0 fully saturated rings. The Labute approximate surface area is 128 Å². The third kappa shape index (κ3) is 6.52. The summed E-state index contributed by atoms with van der Waals surface area (Å²) >= 11 is 0. The highest BCUT2D eigenvalue weighted by molar-refractivity contribution is 5.74. The first-order valence-corrected chi connectivity index (χ1v) is 7.65. The predicted molar refractivity (Wildman–Crippen MR) is 86.4 cm³/mol. The monoisotopic (exact) mass is 292 g/mol. The minimum atomic E-state index is -0.144. The third-order valence-electron chi connectivity index (χ3n) is 3.34. The van der Waals surface area contributed by atoms with Crippen molar-refractivity contribution in [3.8, 4) is 5.75 Å². The zero-order valence-corrected chi connectivity index (χ0v) is 13.8. The van der Waals surface area contributed by atoms with Crippen molar-refractivity contribution < 1.29 is 9.53 Å². The van der Waals surface area contributed by atoms with Gasteiger partial charge in [0.2, 0.25) is 0 Å². The molecule has 0 saturated carbocycles. The van der Waals surface area contributed by atoms with E-state index in [-0.39, 0.29) is 12.1 Å². The van der Waals surface area contributed by atoms with Crippen molar-refractivity contribution in [1.29, 1.82) is 0 Å². The molecule has 0 radical (unpaired) electrons. The summed E-state index contributed by atoms with van der Waals surface area (Å²) in [6.07, 6.45) is 0. The average Bonchev–Trinajstić information content (AvgIpc) is 2.43. The zero-order chi connectivity index (χ0) is 15.8. The summed E-state index contributed by atoms with van der Waals surface area (Å²) in [4.78, 5) is 11.8. The van der Waals surface area contributed by atoms with Gasteiger partial charge in [0.15, 0.2) is 0 Å². The van der Waals surface area contributed by atoms with E-state index in [1.165, 1.54) is 0 Å². The Morgan fingerprint density at radius 2 is 1.81 bits per heavy atom. The molecule has 0 aromatic heterocycles. The minimum absolute atomic E-state index is 0.144. The lowest BCUT2D eigenvalue weighted by Gasteiger charge is -2.18. The van der Waals surface area contributed by atoms with E-state index in [2.05, 4.69) is 38.3 Å². The highest BCUT2D eigenvalue weighted by Gasteiger charge is 2.11. The first kappa shape index (κ1) is 17.3. The van der Waals surface area contributed by atoms with Gasteiger partial charge >= 0.3 is 6.03 Å². The van der Waals surface area contributed by atoms with Crippen LogP contribution in [0.4, 0.5) is 4.79 Å². The zero-order valence-electron chi connectivity index (χ0n) is 13.8. The van der Waals surface area contributed by atoms with Crippen molar-refractivity contribution in [2.24, 2.45) is 11.8 Å². The number of hydrogen-bond acceptors (Lipinski definition) is 2. The van der Waals surface area contributed by atoms with Gasteiger partial charge in [-0.2, -0.15) is 0 Å². The van der Waals surface area contributed by atoms with Crippen molar-refractivity contribution in [2.75, 3.05) is 6.61 Å². The van der Waals surface area contributed by atoms with Crippen LogP contribution in [0.1, 0.15) is 40.2 Å². The number of nitrogens with one attached hydrogen (secondary N) is 2. The topological polar surface area (TPSA) is 50.4 Å². The van der Waals surface area contributed by atoms with Gasteiger partial charge in [-0.05, 0) is 24.8 Å². The number of carbonyl (C=O) groups is 1. The third-order valence-corrected chi connectivity index (χ3v) is 3.34. The Kier molecular flexibility index (Phi) is 7.06. The van der Waals surface area contributed by atoms with Crippen molar-refractivity contribution in [3.05, 3.63) is 29.8 Å². The Hall–Kier alpha value is -1.71. The summed E-state index contributed by atoms with van der Waals surface area (Å²) in [5.74, 6) is 1.72. The molecule has 118 valence electrons. The number of benzene rings is 1. The van der Waals surface area contributed by atoms with Crippen molar-refractivity contribution in [1.82, 2.24) is 10.6 Å². The molecule has 0 aliphatic rings. The molecule has 1 aromatic carbocycles. The normalized spacial score (nSPS) is 12.3. The van der Waals surface area contributed by atoms with Crippen LogP contribution >= 0.6 is 0 Å². The molecule has 1 unspecified atom stereocenters. The van der Waals surface area contributed by atoms with E-state index in [4.69, 9.17) is 4.74 Å². The highest BCUT2D eigenvalue weighted by Crippen LogP contribution is 2.18. The van der Waals surface area contributed by atoms with Crippen LogP contribution in [0.25, 0.3) is 0 Å². The molecule has 1 rings (SSSR count). The Morgan fingerprint density at radius 1 is 1.14 bits per heavy atom. The van der Waals surface area contributed by atoms with Gasteiger partial charge in [0, 0.05) is 18.2 Å². The van der Waals surface area contributed by atoms with Crippen LogP contribution in [-0.2, 0) is 6.54 Å². The summed E-state index contributed by atoms with van der Waals surface area (Å²) in [5, 5.41) is 5.81. The number of ether oxygens (including phenoxy) is 1. The minimum Gasteiger partial charge on any atom is -0.493 e. The SMILES string of the molecule is CC(C)COc1ccccc1CNC(=O)NC(C)C(C)C. The van der Waals surface area contributed by atoms with Gasteiger partial charge in [0.25, 0.3) is 0 Å². The van der Waals surface area contributed by atoms with Gasteiger partial charge in [-0.1, -0.05) is 45.9 Å². The largest absolute Gasteiger partial charge is 0.493 e. The molecule has 0 spiro atoms. The fraction of sp³-hybridized carbons (Fsp3) is 0.588. The van der Waals surface area contributed by atoms with Gasteiger partial charge in [-0.3, -0.25) is 0 Å². The van der Waals surface area contributed by atoms with E-state index >= 15 is 0 Å². The molecule has 4 nitrogen and oxygen atoms in total. The van der Waals surface area contributed by atoms with E-state index in [0.29, 0.717) is 25.0 Å². The molecule has 0 heterocycles. The standard InChI is InChI=1S/C17H28N2O2/c1-12(2)11-21-16-9-7-6-8-15(16)10-18-17(20)19-14(5)13(3)4/h6-9,12-14H,10-11H2,1-5H3,(H2,18,19,20). The second kappa shape index (κ2) is 8.55. The number of carbonyl (C=O) groups excluding carboxylic acids is 1. The van der Waals surface area contributed by atoms with Crippen molar-refractivity contribution in [2.45, 2.75) is 47.2 Å². The number of amides is 2. The first-order valence-electron chi connectivity index (χ1n) is 7.65. The summed E-state index contributed by atoms with van der Waals surface area (Å²) in [6, 6.07) is 7.82. The molecule has 0 bridgehead atoms. The summed E-state index contributed by atoms with van der Waals surface area (Å²) in [5.41, 5.74) is 0.991. The number of hydrogen-bond donors (Lipinski definition) is 2. The quantitative estimate of drug-likeness (QED) is 0.807. The maximum absolute atomic E-state index is 11.8. The molecule has 4 heteroatoms. The maximum Gasteiger partial charge on any atom is 0.315 e. The van der Waals surface area contributed by atoms with Crippen LogP contribution in [-0.4, -0.2) is 18.7 Å². The lowest BCUT2D eigenvalue weighted by atomic mass is 10.1. The molecule has 0 aliphatic carbocycles. The van der Waals surface area contributed by atoms with Gasteiger partial charge in [0.1, 0.15) is 5.75 Å². The van der Waals surface area contributed by atoms with Gasteiger partial charge < -0.3 is 15.4 Å². The Bertz CT molecular complexity index is 444. The highest BCUT2D eigenvalue weighted by atomic mass is 16.5.